The average molecular weight is 600 g/mol. The lowest BCUT2D eigenvalue weighted by Gasteiger charge is -2.36. The third-order valence-electron chi connectivity index (χ3n) is 7.57. The first kappa shape index (κ1) is 31.8. The van der Waals surface area contributed by atoms with E-state index in [1.807, 2.05) is 73.4 Å². The number of aliphatic carboxylic acids is 1. The van der Waals surface area contributed by atoms with E-state index >= 15 is 0 Å². The van der Waals surface area contributed by atoms with Crippen molar-refractivity contribution in [3.05, 3.63) is 96.6 Å². The number of rotatable bonds is 10. The van der Waals surface area contributed by atoms with Crippen molar-refractivity contribution in [1.82, 2.24) is 14.9 Å². The summed E-state index contributed by atoms with van der Waals surface area (Å²) in [6, 6.07) is 21.6. The fraction of sp³-hybridized carbons (Fsp3) is 0.324. The van der Waals surface area contributed by atoms with E-state index in [1.165, 1.54) is 17.5 Å². The van der Waals surface area contributed by atoms with Crippen molar-refractivity contribution in [1.29, 1.82) is 0 Å². The Bertz CT molecular complexity index is 1460. The number of benzene rings is 3. The summed E-state index contributed by atoms with van der Waals surface area (Å²) in [7, 11) is 0. The number of carbonyl (C=O) groups is 2. The molecule has 0 radical (unpaired) electrons. The van der Waals surface area contributed by atoms with Gasteiger partial charge >= 0.3 is 5.97 Å². The van der Waals surface area contributed by atoms with Crippen LogP contribution in [0.2, 0.25) is 0 Å². The van der Waals surface area contributed by atoms with Crippen LogP contribution in [0.1, 0.15) is 32.3 Å². The minimum Gasteiger partial charge on any atom is -0.480 e. The van der Waals surface area contributed by atoms with E-state index in [9.17, 15) is 14.7 Å². The Balaban J connectivity index is 0.000000641. The largest absolute Gasteiger partial charge is 0.480 e. The summed E-state index contributed by atoms with van der Waals surface area (Å²) in [4.78, 5) is 34.2. The van der Waals surface area contributed by atoms with Gasteiger partial charge in [-0.15, -0.1) is 0 Å². The van der Waals surface area contributed by atoms with E-state index in [0.717, 1.165) is 58.9 Å². The Labute approximate surface area is 258 Å². The maximum absolute atomic E-state index is 12.8. The highest BCUT2D eigenvalue weighted by atomic mass is 32.2. The van der Waals surface area contributed by atoms with E-state index in [0.29, 0.717) is 13.1 Å². The zero-order valence-electron chi connectivity index (χ0n) is 25.0. The van der Waals surface area contributed by atoms with Crippen molar-refractivity contribution in [2.45, 2.75) is 37.6 Å². The molecule has 1 atom stereocenters. The fourth-order valence-electron chi connectivity index (χ4n) is 4.78. The van der Waals surface area contributed by atoms with Gasteiger partial charge in [-0.05, 0) is 79.4 Å². The van der Waals surface area contributed by atoms with E-state index in [-0.39, 0.29) is 18.7 Å². The lowest BCUT2D eigenvalue weighted by Crippen LogP contribution is -2.49. The van der Waals surface area contributed by atoms with Crippen LogP contribution in [-0.2, 0) is 9.59 Å². The van der Waals surface area contributed by atoms with Crippen LogP contribution in [0.3, 0.4) is 0 Å². The molecule has 43 heavy (non-hydrogen) atoms. The van der Waals surface area contributed by atoms with Crippen LogP contribution in [0.25, 0.3) is 10.8 Å². The van der Waals surface area contributed by atoms with E-state index in [4.69, 9.17) is 0 Å². The summed E-state index contributed by atoms with van der Waals surface area (Å²) in [5, 5.41) is 15.2. The third kappa shape index (κ3) is 9.20. The first-order valence-electron chi connectivity index (χ1n) is 14.7. The van der Waals surface area contributed by atoms with Crippen molar-refractivity contribution < 1.29 is 14.7 Å². The smallest absolute Gasteiger partial charge is 0.321 e. The number of hydrogen-bond acceptors (Lipinski definition) is 7. The van der Waals surface area contributed by atoms with Gasteiger partial charge < -0.3 is 20.2 Å². The van der Waals surface area contributed by atoms with Gasteiger partial charge in [-0.1, -0.05) is 54.6 Å². The minimum absolute atomic E-state index is 0.00377. The van der Waals surface area contributed by atoms with Crippen LogP contribution in [0.15, 0.2) is 101 Å². The summed E-state index contributed by atoms with van der Waals surface area (Å²) in [5.74, 6) is 0.00368. The molecule has 1 fully saturated rings. The number of anilines is 1. The topological polar surface area (TPSA) is 97.3 Å². The molecule has 8 nitrogen and oxygen atoms in total. The van der Waals surface area contributed by atoms with Crippen molar-refractivity contribution in [2.24, 2.45) is 4.99 Å². The predicted molar refractivity (Wildman–Crippen MR) is 178 cm³/mol. The number of nitrogens with one attached hydrogen (secondary N) is 2. The molecule has 0 aliphatic carbocycles. The van der Waals surface area contributed by atoms with Gasteiger partial charge in [-0.25, -0.2) is 4.72 Å². The lowest BCUT2D eigenvalue weighted by atomic mass is 10.1. The van der Waals surface area contributed by atoms with E-state index in [1.54, 1.807) is 0 Å². The van der Waals surface area contributed by atoms with Gasteiger partial charge in [-0.2, -0.15) is 0 Å². The van der Waals surface area contributed by atoms with Gasteiger partial charge in [0.25, 0.3) is 0 Å². The molecule has 0 spiro atoms. The number of fused-ring (bicyclic) bond motifs is 1. The highest BCUT2D eigenvalue weighted by Crippen LogP contribution is 2.23. The number of amides is 1. The summed E-state index contributed by atoms with van der Waals surface area (Å²) in [6.45, 7) is 12.1. The molecular formula is C34H41N5O3S. The van der Waals surface area contributed by atoms with Crippen molar-refractivity contribution in [3.63, 3.8) is 0 Å². The second kappa shape index (κ2) is 16.0. The molecule has 2 aliphatic heterocycles. The number of nitrogens with zero attached hydrogens (tertiary/aromatic N) is 3. The molecule has 2 heterocycles. The highest BCUT2D eigenvalue weighted by molar-refractivity contribution is 7.97. The van der Waals surface area contributed by atoms with E-state index in [2.05, 4.69) is 50.8 Å². The number of piperazine rings is 1. The number of carbonyl (C=O) groups excluding carboxylic acids is 1. The standard InChI is InChI=1S/C28H31N5O3S.C6H10/c34-26(12-11-25(28(35)36)31-37-24-10-7-20-3-1-2-4-22(20)19-24)33-17-15-32(16-18-33)23-8-5-21(6-9-23)27-29-13-14-30-27;1-4-6(3)5-2/h1-10,19,25,31H,11-18H2,(H,29,30)(H,35,36);4-5H,1H2,2-3H3/b;6-5+. The normalized spacial score (nSPS) is 15.7. The van der Waals surface area contributed by atoms with Gasteiger partial charge in [0.2, 0.25) is 5.91 Å². The Kier molecular flexibility index (Phi) is 11.8. The van der Waals surface area contributed by atoms with Gasteiger partial charge in [-0.3, -0.25) is 14.6 Å². The molecule has 0 bridgehead atoms. The summed E-state index contributed by atoms with van der Waals surface area (Å²) in [5.41, 5.74) is 3.46. The molecule has 0 aromatic heterocycles. The number of allylic oxidation sites excluding steroid dienone is 3. The van der Waals surface area contributed by atoms with Gasteiger partial charge in [0.15, 0.2) is 0 Å². The van der Waals surface area contributed by atoms with Crippen molar-refractivity contribution in [3.8, 4) is 0 Å². The van der Waals surface area contributed by atoms with Crippen LogP contribution in [-0.4, -0.2) is 73.0 Å². The third-order valence-corrected chi connectivity index (χ3v) is 8.47. The SMILES string of the molecule is C=C/C(C)=C/C.O=C(O)C(CCC(=O)N1CCN(c2ccc(C3=NCCN3)cc2)CC1)NSc1ccc2ccccc2c1. The van der Waals surface area contributed by atoms with E-state index < -0.39 is 12.0 Å². The van der Waals surface area contributed by atoms with Crippen LogP contribution in [0.5, 0.6) is 0 Å². The van der Waals surface area contributed by atoms with Crippen molar-refractivity contribution in [2.75, 3.05) is 44.2 Å². The zero-order valence-corrected chi connectivity index (χ0v) is 25.8. The molecular weight excluding hydrogens is 558 g/mol. The van der Waals surface area contributed by atoms with Gasteiger partial charge in [0, 0.05) is 55.3 Å². The quantitative estimate of drug-likeness (QED) is 0.209. The summed E-state index contributed by atoms with van der Waals surface area (Å²) >= 11 is 1.29. The Morgan fingerprint density at radius 3 is 2.40 bits per heavy atom. The molecule has 1 amide bonds. The molecule has 5 rings (SSSR count). The maximum Gasteiger partial charge on any atom is 0.321 e. The lowest BCUT2D eigenvalue weighted by molar-refractivity contribution is -0.139. The highest BCUT2D eigenvalue weighted by Gasteiger charge is 2.24. The van der Waals surface area contributed by atoms with Crippen LogP contribution in [0, 0.1) is 0 Å². The molecule has 226 valence electrons. The Hall–Kier alpha value is -4.08. The number of hydrogen-bond donors (Lipinski definition) is 3. The first-order chi connectivity index (χ1) is 20.9. The minimum atomic E-state index is -0.951. The first-order valence-corrected chi connectivity index (χ1v) is 15.5. The van der Waals surface area contributed by atoms with Gasteiger partial charge in [0.1, 0.15) is 11.9 Å². The molecule has 3 N–H and O–H groups in total. The molecule has 3 aromatic carbocycles. The van der Waals surface area contributed by atoms with Crippen LogP contribution < -0.4 is 14.9 Å². The summed E-state index contributed by atoms with van der Waals surface area (Å²) in [6.07, 6.45) is 4.30. The molecule has 2 aliphatic rings. The molecule has 1 unspecified atom stereocenters. The second-order valence-corrected chi connectivity index (χ2v) is 11.4. The van der Waals surface area contributed by atoms with Crippen molar-refractivity contribution >= 4 is 46.1 Å². The molecule has 9 heteroatoms. The van der Waals surface area contributed by atoms with Crippen LogP contribution >= 0.6 is 11.9 Å². The number of carboxylic acids is 1. The average Bonchev–Trinajstić information content (AvgIpc) is 3.60. The predicted octanol–water partition coefficient (Wildman–Crippen LogP) is 5.51. The van der Waals surface area contributed by atoms with Gasteiger partial charge in [0.05, 0.1) is 6.54 Å². The summed E-state index contributed by atoms with van der Waals surface area (Å²) < 4.78 is 3.04. The Morgan fingerprint density at radius 1 is 1.07 bits per heavy atom. The van der Waals surface area contributed by atoms with Crippen LogP contribution in [0.4, 0.5) is 5.69 Å². The fourth-order valence-corrected chi connectivity index (χ4v) is 5.60. The molecule has 3 aromatic rings. The molecule has 1 saturated heterocycles. The number of carboxylic acid groups (broad SMARTS) is 1. The number of aliphatic imine (C=N–C) groups is 1. The number of amidine groups is 1. The monoisotopic (exact) mass is 599 g/mol. The second-order valence-electron chi connectivity index (χ2n) is 10.5. The molecule has 0 saturated carbocycles. The Morgan fingerprint density at radius 2 is 1.79 bits per heavy atom. The zero-order chi connectivity index (χ0) is 30.6. The maximum atomic E-state index is 12.8.